The summed E-state index contributed by atoms with van der Waals surface area (Å²) in [6.45, 7) is 6.45. The van der Waals surface area contributed by atoms with E-state index >= 15 is 0 Å². The highest BCUT2D eigenvalue weighted by Gasteiger charge is 2.30. The monoisotopic (exact) mass is 314 g/mol. The number of hydrogen-bond donors (Lipinski definition) is 1. The van der Waals surface area contributed by atoms with Gasteiger partial charge in [0.1, 0.15) is 10.6 Å². The van der Waals surface area contributed by atoms with Gasteiger partial charge in [0.2, 0.25) is 10.0 Å². The Hall–Kier alpha value is -1.27. The number of nitrogens with zero attached hydrogens (tertiary/aromatic N) is 1. The van der Waals surface area contributed by atoms with E-state index in [4.69, 9.17) is 10.5 Å². The molecule has 1 aromatic carbocycles. The number of ether oxygens (including phenoxy) is 1. The highest BCUT2D eigenvalue weighted by Crippen LogP contribution is 2.30. The molecule has 0 aliphatic carbocycles. The molecule has 0 spiro atoms. The van der Waals surface area contributed by atoms with Crippen molar-refractivity contribution in [3.63, 3.8) is 0 Å². The number of benzene rings is 1. The molecule has 21 heavy (non-hydrogen) atoms. The third kappa shape index (κ3) is 4.11. The standard InChI is InChI=1S/C15H26N2O3S/c1-5-7-10-17(12(3)6-2)21(18,19)15-11-13(16)8-9-14(15)20-4/h8-9,11-12H,5-7,10,16H2,1-4H3. The largest absolute Gasteiger partial charge is 0.495 e. The average Bonchev–Trinajstić information content (AvgIpc) is 2.47. The van der Waals surface area contributed by atoms with Crippen LogP contribution in [0.25, 0.3) is 0 Å². The molecule has 0 aliphatic heterocycles. The van der Waals surface area contributed by atoms with Crippen molar-refractivity contribution < 1.29 is 13.2 Å². The number of nitrogen functional groups attached to an aromatic ring is 1. The van der Waals surface area contributed by atoms with Crippen molar-refractivity contribution in [1.29, 1.82) is 0 Å². The van der Waals surface area contributed by atoms with Crippen LogP contribution in [-0.4, -0.2) is 32.4 Å². The van der Waals surface area contributed by atoms with E-state index in [1.54, 1.807) is 16.4 Å². The van der Waals surface area contributed by atoms with Crippen LogP contribution in [0.3, 0.4) is 0 Å². The molecule has 1 rings (SSSR count). The quantitative estimate of drug-likeness (QED) is 0.749. The number of unbranched alkanes of at least 4 members (excludes halogenated alkanes) is 1. The molecule has 0 saturated carbocycles. The van der Waals surface area contributed by atoms with Crippen LogP contribution in [0.1, 0.15) is 40.0 Å². The zero-order valence-corrected chi connectivity index (χ0v) is 14.1. The molecule has 2 N–H and O–H groups in total. The lowest BCUT2D eigenvalue weighted by atomic mass is 10.2. The molecule has 1 atom stereocenters. The fourth-order valence-corrected chi connectivity index (χ4v) is 4.05. The zero-order chi connectivity index (χ0) is 16.0. The minimum absolute atomic E-state index is 0.0623. The first-order valence-corrected chi connectivity index (χ1v) is 8.77. The van der Waals surface area contributed by atoms with Gasteiger partial charge in [0, 0.05) is 18.3 Å². The van der Waals surface area contributed by atoms with Crippen LogP contribution >= 0.6 is 0 Å². The van der Waals surface area contributed by atoms with Gasteiger partial charge in [-0.2, -0.15) is 4.31 Å². The maximum absolute atomic E-state index is 13.0. The Kier molecular flexibility index (Phi) is 6.48. The van der Waals surface area contributed by atoms with E-state index in [1.807, 2.05) is 20.8 Å². The van der Waals surface area contributed by atoms with Crippen molar-refractivity contribution in [2.75, 3.05) is 19.4 Å². The molecule has 0 radical (unpaired) electrons. The first kappa shape index (κ1) is 17.8. The van der Waals surface area contributed by atoms with E-state index in [2.05, 4.69) is 0 Å². The van der Waals surface area contributed by atoms with Gasteiger partial charge in [0.05, 0.1) is 7.11 Å². The van der Waals surface area contributed by atoms with Crippen molar-refractivity contribution in [1.82, 2.24) is 4.31 Å². The van der Waals surface area contributed by atoms with Gasteiger partial charge in [-0.1, -0.05) is 20.3 Å². The molecular weight excluding hydrogens is 288 g/mol. The molecule has 0 heterocycles. The van der Waals surface area contributed by atoms with E-state index < -0.39 is 10.0 Å². The summed E-state index contributed by atoms with van der Waals surface area (Å²) >= 11 is 0. The molecular formula is C15H26N2O3S. The molecule has 5 nitrogen and oxygen atoms in total. The fraction of sp³-hybridized carbons (Fsp3) is 0.600. The Morgan fingerprint density at radius 3 is 2.52 bits per heavy atom. The van der Waals surface area contributed by atoms with Gasteiger partial charge in [0.25, 0.3) is 0 Å². The summed E-state index contributed by atoms with van der Waals surface area (Å²) in [5.74, 6) is 0.328. The van der Waals surface area contributed by atoms with Crippen molar-refractivity contribution in [3.8, 4) is 5.75 Å². The molecule has 6 heteroatoms. The van der Waals surface area contributed by atoms with Gasteiger partial charge in [0.15, 0.2) is 0 Å². The van der Waals surface area contributed by atoms with Gasteiger partial charge in [-0.25, -0.2) is 8.42 Å². The SMILES string of the molecule is CCCCN(C(C)CC)S(=O)(=O)c1cc(N)ccc1OC. The summed E-state index contributed by atoms with van der Waals surface area (Å²) in [5, 5.41) is 0. The molecule has 1 unspecified atom stereocenters. The Labute approximate surface area is 128 Å². The number of nitrogens with two attached hydrogens (primary N) is 1. The summed E-state index contributed by atoms with van der Waals surface area (Å²) < 4.78 is 32.7. The zero-order valence-electron chi connectivity index (χ0n) is 13.3. The van der Waals surface area contributed by atoms with Crippen molar-refractivity contribution >= 4 is 15.7 Å². The van der Waals surface area contributed by atoms with E-state index in [9.17, 15) is 8.42 Å². The van der Waals surface area contributed by atoms with Gasteiger partial charge >= 0.3 is 0 Å². The first-order chi connectivity index (χ1) is 9.88. The number of rotatable bonds is 8. The van der Waals surface area contributed by atoms with Crippen LogP contribution in [0.5, 0.6) is 5.75 Å². The van der Waals surface area contributed by atoms with E-state index in [0.29, 0.717) is 18.0 Å². The third-order valence-electron chi connectivity index (χ3n) is 3.59. The van der Waals surface area contributed by atoms with Crippen LogP contribution in [-0.2, 0) is 10.0 Å². The van der Waals surface area contributed by atoms with Crippen LogP contribution in [0, 0.1) is 0 Å². The lowest BCUT2D eigenvalue weighted by Gasteiger charge is -2.28. The van der Waals surface area contributed by atoms with Crippen LogP contribution in [0.4, 0.5) is 5.69 Å². The van der Waals surface area contributed by atoms with E-state index in [1.165, 1.54) is 13.2 Å². The Balaban J connectivity index is 3.31. The predicted octanol–water partition coefficient (Wildman–Crippen LogP) is 2.87. The molecule has 120 valence electrons. The summed E-state index contributed by atoms with van der Waals surface area (Å²) in [6.07, 6.45) is 2.53. The van der Waals surface area contributed by atoms with Crippen LogP contribution in [0.2, 0.25) is 0 Å². The Morgan fingerprint density at radius 1 is 1.33 bits per heavy atom. The first-order valence-electron chi connectivity index (χ1n) is 7.33. The minimum Gasteiger partial charge on any atom is -0.495 e. The van der Waals surface area contributed by atoms with Crippen molar-refractivity contribution in [2.45, 2.75) is 51.0 Å². The second-order valence-electron chi connectivity index (χ2n) is 5.14. The lowest BCUT2D eigenvalue weighted by Crippen LogP contribution is -2.39. The van der Waals surface area contributed by atoms with Gasteiger partial charge in [-0.15, -0.1) is 0 Å². The smallest absolute Gasteiger partial charge is 0.247 e. The molecule has 0 fully saturated rings. The lowest BCUT2D eigenvalue weighted by molar-refractivity contribution is 0.321. The van der Waals surface area contributed by atoms with Crippen LogP contribution < -0.4 is 10.5 Å². The minimum atomic E-state index is -3.62. The Morgan fingerprint density at radius 2 is 2.00 bits per heavy atom. The molecule has 1 aromatic rings. The van der Waals surface area contributed by atoms with Gasteiger partial charge in [-0.3, -0.25) is 0 Å². The Bertz CT molecular complexity index is 558. The number of anilines is 1. The number of hydrogen-bond acceptors (Lipinski definition) is 4. The number of sulfonamides is 1. The maximum Gasteiger partial charge on any atom is 0.247 e. The second-order valence-corrected chi connectivity index (χ2v) is 7.00. The van der Waals surface area contributed by atoms with Crippen molar-refractivity contribution in [2.24, 2.45) is 0 Å². The van der Waals surface area contributed by atoms with E-state index in [0.717, 1.165) is 19.3 Å². The molecule has 0 amide bonds. The molecule has 0 aromatic heterocycles. The number of methoxy groups -OCH3 is 1. The molecule has 0 saturated heterocycles. The summed E-state index contributed by atoms with van der Waals surface area (Å²) in [4.78, 5) is 0.140. The highest BCUT2D eigenvalue weighted by atomic mass is 32.2. The summed E-state index contributed by atoms with van der Waals surface area (Å²) in [7, 11) is -2.16. The average molecular weight is 314 g/mol. The fourth-order valence-electron chi connectivity index (χ4n) is 2.12. The van der Waals surface area contributed by atoms with E-state index in [-0.39, 0.29) is 10.9 Å². The van der Waals surface area contributed by atoms with Gasteiger partial charge < -0.3 is 10.5 Å². The predicted molar refractivity (Wildman–Crippen MR) is 86.0 cm³/mol. The topological polar surface area (TPSA) is 72.6 Å². The second kappa shape index (κ2) is 7.66. The maximum atomic E-state index is 13.0. The normalized spacial score (nSPS) is 13.4. The molecule has 0 aliphatic rings. The summed E-state index contributed by atoms with van der Waals surface area (Å²) in [5.41, 5.74) is 6.16. The summed E-state index contributed by atoms with van der Waals surface area (Å²) in [6, 6.07) is 4.64. The third-order valence-corrected chi connectivity index (χ3v) is 5.62. The van der Waals surface area contributed by atoms with Crippen LogP contribution in [0.15, 0.2) is 23.1 Å². The van der Waals surface area contributed by atoms with Crippen molar-refractivity contribution in [3.05, 3.63) is 18.2 Å². The highest BCUT2D eigenvalue weighted by molar-refractivity contribution is 7.89. The van der Waals surface area contributed by atoms with Gasteiger partial charge in [-0.05, 0) is 38.0 Å². The molecule has 0 bridgehead atoms.